The summed E-state index contributed by atoms with van der Waals surface area (Å²) in [5, 5.41) is 2.44. The van der Waals surface area contributed by atoms with Crippen molar-refractivity contribution in [3.8, 4) is 22.4 Å². The van der Waals surface area contributed by atoms with Crippen molar-refractivity contribution in [2.75, 3.05) is 0 Å². The molecule has 0 saturated heterocycles. The van der Waals surface area contributed by atoms with Gasteiger partial charge in [-0.15, -0.1) is 0 Å². The molecule has 114 valence electrons. The van der Waals surface area contributed by atoms with Crippen molar-refractivity contribution in [3.63, 3.8) is 0 Å². The molecule has 0 saturated carbocycles. The molecule has 0 radical (unpaired) electrons. The van der Waals surface area contributed by atoms with Gasteiger partial charge in [-0.25, -0.2) is 0 Å². The molecule has 3 heterocycles. The minimum atomic E-state index is 0.974. The monoisotopic (exact) mass is 327 g/mol. The topological polar surface area (TPSA) is 26.0 Å². The number of aromatic nitrogens is 1. The Morgan fingerprint density at radius 3 is 2.58 bits per heavy atom. The van der Waals surface area contributed by atoms with E-state index in [1.807, 2.05) is 36.7 Å². The van der Waals surface area contributed by atoms with E-state index in [0.717, 1.165) is 27.3 Å². The molecule has 5 rings (SSSR count). The number of fused-ring (bicyclic) bond motifs is 3. The second-order valence-corrected chi connectivity index (χ2v) is 6.72. The highest BCUT2D eigenvalue weighted by Crippen LogP contribution is 2.41. The lowest BCUT2D eigenvalue weighted by molar-refractivity contribution is 0.625. The first-order valence-electron chi connectivity index (χ1n) is 7.81. The summed E-state index contributed by atoms with van der Waals surface area (Å²) in [6.45, 7) is 0. The first-order chi connectivity index (χ1) is 11.9. The summed E-state index contributed by atoms with van der Waals surface area (Å²) in [4.78, 5) is 5.50. The third-order valence-corrected chi connectivity index (χ3v) is 5.32. The van der Waals surface area contributed by atoms with E-state index in [1.165, 1.54) is 15.5 Å². The van der Waals surface area contributed by atoms with E-state index in [0.29, 0.717) is 0 Å². The number of furan rings is 1. The van der Waals surface area contributed by atoms with Gasteiger partial charge in [-0.1, -0.05) is 59.9 Å². The summed E-state index contributed by atoms with van der Waals surface area (Å²) in [7, 11) is 0. The van der Waals surface area contributed by atoms with E-state index >= 15 is 0 Å². The molecule has 0 aliphatic carbocycles. The van der Waals surface area contributed by atoms with Gasteiger partial charge in [-0.2, -0.15) is 0 Å². The first-order valence-corrected chi connectivity index (χ1v) is 8.62. The molecule has 0 unspecified atom stereocenters. The lowest BCUT2D eigenvalue weighted by atomic mass is 10.0. The van der Waals surface area contributed by atoms with Crippen LogP contribution in [0.15, 0.2) is 83.6 Å². The maximum Gasteiger partial charge on any atom is 0.189 e. The smallest absolute Gasteiger partial charge is 0.189 e. The van der Waals surface area contributed by atoms with Crippen LogP contribution in [0.5, 0.6) is 0 Å². The van der Waals surface area contributed by atoms with E-state index in [2.05, 4.69) is 47.4 Å². The molecular weight excluding hydrogens is 314 g/mol. The second kappa shape index (κ2) is 5.32. The van der Waals surface area contributed by atoms with Gasteiger partial charge in [0.25, 0.3) is 0 Å². The summed E-state index contributed by atoms with van der Waals surface area (Å²) >= 11 is 1.70. The van der Waals surface area contributed by atoms with Gasteiger partial charge in [0, 0.05) is 32.8 Å². The van der Waals surface area contributed by atoms with Crippen molar-refractivity contribution in [1.29, 1.82) is 0 Å². The Morgan fingerprint density at radius 2 is 1.67 bits per heavy atom. The molecule has 0 aliphatic rings. The van der Waals surface area contributed by atoms with Gasteiger partial charge >= 0.3 is 0 Å². The number of hydrogen-bond donors (Lipinski definition) is 0. The molecular formula is C21H13NOS. The van der Waals surface area contributed by atoms with Crippen molar-refractivity contribution in [1.82, 2.24) is 4.98 Å². The van der Waals surface area contributed by atoms with Crippen LogP contribution in [0.2, 0.25) is 0 Å². The third kappa shape index (κ3) is 2.06. The fourth-order valence-electron chi connectivity index (χ4n) is 3.11. The molecule has 3 heteroatoms. The number of benzene rings is 2. The van der Waals surface area contributed by atoms with E-state index in [1.54, 1.807) is 11.3 Å². The molecule has 2 nitrogen and oxygen atoms in total. The lowest BCUT2D eigenvalue weighted by Crippen LogP contribution is -1.84. The molecule has 3 aromatic heterocycles. The van der Waals surface area contributed by atoms with Crippen LogP contribution in [0, 0.1) is 0 Å². The van der Waals surface area contributed by atoms with Crippen LogP contribution >= 0.6 is 11.3 Å². The normalized spacial score (nSPS) is 11.3. The average Bonchev–Trinajstić information content (AvgIpc) is 3.22. The average molecular weight is 327 g/mol. The van der Waals surface area contributed by atoms with Gasteiger partial charge in [-0.05, 0) is 23.8 Å². The second-order valence-electron chi connectivity index (χ2n) is 5.71. The van der Waals surface area contributed by atoms with Crippen molar-refractivity contribution in [2.45, 2.75) is 0 Å². The van der Waals surface area contributed by atoms with E-state index < -0.39 is 0 Å². The van der Waals surface area contributed by atoms with Gasteiger partial charge in [-0.3, -0.25) is 4.98 Å². The highest BCUT2D eigenvalue weighted by Gasteiger charge is 2.15. The zero-order valence-corrected chi connectivity index (χ0v) is 13.6. The Kier molecular flexibility index (Phi) is 3.00. The van der Waals surface area contributed by atoms with E-state index in [-0.39, 0.29) is 0 Å². The third-order valence-electron chi connectivity index (χ3n) is 4.26. The van der Waals surface area contributed by atoms with Crippen molar-refractivity contribution >= 4 is 31.7 Å². The molecule has 0 amide bonds. The Labute approximate surface area is 143 Å². The van der Waals surface area contributed by atoms with Crippen LogP contribution in [0.4, 0.5) is 0 Å². The van der Waals surface area contributed by atoms with Crippen LogP contribution in [0.3, 0.4) is 0 Å². The predicted molar refractivity (Wildman–Crippen MR) is 100 cm³/mol. The molecule has 0 atom stereocenters. The van der Waals surface area contributed by atoms with Crippen LogP contribution in [0.1, 0.15) is 0 Å². The van der Waals surface area contributed by atoms with Gasteiger partial charge in [0.1, 0.15) is 6.26 Å². The predicted octanol–water partition coefficient (Wildman–Crippen LogP) is 6.38. The van der Waals surface area contributed by atoms with Crippen molar-refractivity contribution < 1.29 is 4.42 Å². The Hall–Kier alpha value is -2.91. The molecule has 0 fully saturated rings. The maximum atomic E-state index is 5.83. The van der Waals surface area contributed by atoms with Crippen molar-refractivity contribution in [2.24, 2.45) is 0 Å². The maximum absolute atomic E-state index is 5.83. The highest BCUT2D eigenvalue weighted by atomic mass is 32.1. The molecule has 2 aromatic carbocycles. The van der Waals surface area contributed by atoms with Crippen molar-refractivity contribution in [3.05, 3.63) is 79.2 Å². The van der Waals surface area contributed by atoms with E-state index in [4.69, 9.17) is 4.42 Å². The number of hydrogen-bond acceptors (Lipinski definition) is 3. The fourth-order valence-corrected chi connectivity index (χ4v) is 4.15. The summed E-state index contributed by atoms with van der Waals surface area (Å²) in [5.74, 6) is 0. The molecule has 0 aliphatic heterocycles. The Morgan fingerprint density at radius 1 is 0.833 bits per heavy atom. The fraction of sp³-hybridized carbons (Fsp3) is 0. The van der Waals surface area contributed by atoms with Crippen LogP contribution in [-0.2, 0) is 0 Å². The van der Waals surface area contributed by atoms with E-state index in [9.17, 15) is 0 Å². The number of pyridine rings is 1. The molecule has 0 N–H and O–H groups in total. The first kappa shape index (κ1) is 13.5. The lowest BCUT2D eigenvalue weighted by Gasteiger charge is -2.03. The minimum Gasteiger partial charge on any atom is -0.453 e. The molecule has 0 bridgehead atoms. The Bertz CT molecular complexity index is 1150. The molecule has 0 spiro atoms. The molecule has 24 heavy (non-hydrogen) atoms. The number of rotatable bonds is 2. The van der Waals surface area contributed by atoms with Gasteiger partial charge in [0.15, 0.2) is 4.90 Å². The number of nitrogens with zero attached hydrogens (tertiary/aromatic N) is 1. The van der Waals surface area contributed by atoms with Gasteiger partial charge < -0.3 is 4.42 Å². The standard InChI is InChI=1S/C21H13NOS/c1-2-6-14(7-3-1)18-12-15(10-11-22-18)17-13-23-21-20(17)16-8-4-5-9-19(16)24-21/h1-13H. The minimum absolute atomic E-state index is 0.974. The SMILES string of the molecule is c1ccc(-c2cc(-c3coc4sc5ccccc5c34)ccn2)cc1. The summed E-state index contributed by atoms with van der Waals surface area (Å²) in [6, 6.07) is 22.9. The Balaban J connectivity index is 1.73. The van der Waals surface area contributed by atoms with Gasteiger partial charge in [0.2, 0.25) is 0 Å². The van der Waals surface area contributed by atoms with Crippen LogP contribution in [-0.4, -0.2) is 4.98 Å². The number of thiophene rings is 1. The highest BCUT2D eigenvalue weighted by molar-refractivity contribution is 7.25. The zero-order chi connectivity index (χ0) is 15.9. The van der Waals surface area contributed by atoms with Gasteiger partial charge in [0.05, 0.1) is 5.69 Å². The summed E-state index contributed by atoms with van der Waals surface area (Å²) in [6.07, 6.45) is 3.72. The quantitative estimate of drug-likeness (QED) is 0.376. The zero-order valence-electron chi connectivity index (χ0n) is 12.8. The largest absolute Gasteiger partial charge is 0.453 e. The summed E-state index contributed by atoms with van der Waals surface area (Å²) in [5.41, 5.74) is 4.35. The summed E-state index contributed by atoms with van der Waals surface area (Å²) < 4.78 is 7.09. The van der Waals surface area contributed by atoms with Crippen LogP contribution < -0.4 is 0 Å². The van der Waals surface area contributed by atoms with Crippen LogP contribution in [0.25, 0.3) is 42.8 Å². The molecule has 5 aromatic rings.